The predicted octanol–water partition coefficient (Wildman–Crippen LogP) is 2.89. The Morgan fingerprint density at radius 3 is 2.64 bits per heavy atom. The van der Waals surface area contributed by atoms with Gasteiger partial charge in [0.1, 0.15) is 5.65 Å². The van der Waals surface area contributed by atoms with Crippen LogP contribution in [0.25, 0.3) is 16.9 Å². The lowest BCUT2D eigenvalue weighted by Crippen LogP contribution is -2.36. The Morgan fingerprint density at radius 2 is 1.86 bits per heavy atom. The lowest BCUT2D eigenvalue weighted by Gasteiger charge is -2.28. The summed E-state index contributed by atoms with van der Waals surface area (Å²) in [5.41, 5.74) is 3.87. The molecular weight excluding hydrogens is 300 g/mol. The number of morpholine rings is 1. The van der Waals surface area contributed by atoms with Crippen molar-refractivity contribution in [1.29, 1.82) is 0 Å². The summed E-state index contributed by atoms with van der Waals surface area (Å²) in [6.45, 7) is 3.44. The molecule has 0 radical (unpaired) electrons. The van der Waals surface area contributed by atoms with Crippen molar-refractivity contribution in [3.05, 3.63) is 48.0 Å². The minimum absolute atomic E-state index is 0.419. The molecule has 0 saturated carbocycles. The van der Waals surface area contributed by atoms with Crippen molar-refractivity contribution in [3.8, 4) is 11.3 Å². The third-order valence-electron chi connectivity index (χ3n) is 3.89. The Bertz CT molecular complexity index is 794. The lowest BCUT2D eigenvalue weighted by atomic mass is 10.1. The smallest absolute Gasteiger partial charge is 0.209 e. The van der Waals surface area contributed by atoms with E-state index in [0.29, 0.717) is 5.28 Å². The van der Waals surface area contributed by atoms with E-state index in [1.807, 2.05) is 6.07 Å². The molecule has 5 nitrogen and oxygen atoms in total. The van der Waals surface area contributed by atoms with Crippen LogP contribution in [0.2, 0.25) is 5.28 Å². The monoisotopic (exact) mass is 314 g/mol. The zero-order chi connectivity index (χ0) is 14.9. The Labute approximate surface area is 133 Å². The van der Waals surface area contributed by atoms with Gasteiger partial charge < -0.3 is 9.64 Å². The van der Waals surface area contributed by atoms with Crippen LogP contribution in [0, 0.1) is 0 Å². The van der Waals surface area contributed by atoms with Crippen molar-refractivity contribution >= 4 is 22.9 Å². The van der Waals surface area contributed by atoms with Gasteiger partial charge in [-0.1, -0.05) is 12.1 Å². The molecule has 0 spiro atoms. The fourth-order valence-electron chi connectivity index (χ4n) is 2.70. The predicted molar refractivity (Wildman–Crippen MR) is 86.5 cm³/mol. The Balaban J connectivity index is 1.66. The highest BCUT2D eigenvalue weighted by atomic mass is 35.5. The molecule has 0 unspecified atom stereocenters. The fourth-order valence-corrected chi connectivity index (χ4v) is 2.93. The number of benzene rings is 1. The second kappa shape index (κ2) is 5.59. The summed E-state index contributed by atoms with van der Waals surface area (Å²) in [7, 11) is 0. The Hall–Kier alpha value is -2.11. The quantitative estimate of drug-likeness (QED) is 0.682. The highest BCUT2D eigenvalue weighted by Gasteiger charge is 2.12. The van der Waals surface area contributed by atoms with Gasteiger partial charge in [-0.3, -0.25) is 4.40 Å². The highest BCUT2D eigenvalue weighted by molar-refractivity contribution is 6.28. The molecular formula is C16H15ClN4O. The maximum Gasteiger partial charge on any atom is 0.209 e. The molecule has 3 aromatic rings. The summed E-state index contributed by atoms with van der Waals surface area (Å²) in [6, 6.07) is 10.3. The van der Waals surface area contributed by atoms with Crippen LogP contribution in [0.1, 0.15) is 0 Å². The highest BCUT2D eigenvalue weighted by Crippen LogP contribution is 2.24. The molecule has 0 aliphatic carbocycles. The number of ether oxygens (including phenoxy) is 1. The maximum absolute atomic E-state index is 6.20. The van der Waals surface area contributed by atoms with Crippen LogP contribution < -0.4 is 4.90 Å². The number of hydrogen-bond acceptors (Lipinski definition) is 4. The fraction of sp³-hybridized carbons (Fsp3) is 0.250. The van der Waals surface area contributed by atoms with Gasteiger partial charge in [0.05, 0.1) is 18.9 Å². The van der Waals surface area contributed by atoms with Crippen LogP contribution in [0.3, 0.4) is 0 Å². The van der Waals surface area contributed by atoms with Crippen molar-refractivity contribution in [2.24, 2.45) is 0 Å². The summed E-state index contributed by atoms with van der Waals surface area (Å²) in [4.78, 5) is 11.0. The first-order valence-electron chi connectivity index (χ1n) is 7.24. The summed E-state index contributed by atoms with van der Waals surface area (Å²) in [5, 5.41) is 0.419. The van der Waals surface area contributed by atoms with Crippen LogP contribution in [0.5, 0.6) is 0 Å². The van der Waals surface area contributed by atoms with Crippen molar-refractivity contribution in [1.82, 2.24) is 14.4 Å². The van der Waals surface area contributed by atoms with Gasteiger partial charge in [-0.25, -0.2) is 9.97 Å². The van der Waals surface area contributed by atoms with Gasteiger partial charge in [-0.2, -0.15) is 0 Å². The van der Waals surface area contributed by atoms with Gasteiger partial charge in [0.25, 0.3) is 0 Å². The van der Waals surface area contributed by atoms with E-state index in [-0.39, 0.29) is 0 Å². The molecule has 1 fully saturated rings. The van der Waals surface area contributed by atoms with E-state index < -0.39 is 0 Å². The van der Waals surface area contributed by atoms with E-state index in [1.165, 1.54) is 5.69 Å². The molecule has 0 bridgehead atoms. The van der Waals surface area contributed by atoms with Crippen molar-refractivity contribution in [2.75, 3.05) is 31.2 Å². The molecule has 0 atom stereocenters. The molecule has 4 rings (SSSR count). The molecule has 0 N–H and O–H groups in total. The summed E-state index contributed by atoms with van der Waals surface area (Å²) in [6.07, 6.45) is 3.52. The van der Waals surface area contributed by atoms with Gasteiger partial charge in [-0.05, 0) is 23.7 Å². The van der Waals surface area contributed by atoms with Crippen LogP contribution in [-0.4, -0.2) is 40.7 Å². The van der Waals surface area contributed by atoms with E-state index in [9.17, 15) is 0 Å². The molecule has 2 aromatic heterocycles. The second-order valence-corrected chi connectivity index (χ2v) is 5.55. The van der Waals surface area contributed by atoms with Gasteiger partial charge in [0.15, 0.2) is 0 Å². The SMILES string of the molecule is Clc1nc(-c2ccc(N3CCOCC3)cc2)cc2nccn12. The van der Waals surface area contributed by atoms with E-state index in [4.69, 9.17) is 16.3 Å². The van der Waals surface area contributed by atoms with Crippen molar-refractivity contribution < 1.29 is 4.74 Å². The third-order valence-corrected chi connectivity index (χ3v) is 4.15. The molecule has 22 heavy (non-hydrogen) atoms. The molecule has 1 aliphatic rings. The normalized spacial score (nSPS) is 15.4. The van der Waals surface area contributed by atoms with Crippen LogP contribution >= 0.6 is 11.6 Å². The number of fused-ring (bicyclic) bond motifs is 1. The summed E-state index contributed by atoms with van der Waals surface area (Å²) < 4.78 is 7.14. The van der Waals surface area contributed by atoms with Crippen molar-refractivity contribution in [3.63, 3.8) is 0 Å². The second-order valence-electron chi connectivity index (χ2n) is 5.21. The maximum atomic E-state index is 6.20. The average molecular weight is 315 g/mol. The Kier molecular flexibility index (Phi) is 3.44. The van der Waals surface area contributed by atoms with Crippen LogP contribution in [0.15, 0.2) is 42.7 Å². The molecule has 0 amide bonds. The van der Waals surface area contributed by atoms with E-state index >= 15 is 0 Å². The number of hydrogen-bond donors (Lipinski definition) is 0. The lowest BCUT2D eigenvalue weighted by molar-refractivity contribution is 0.122. The molecule has 1 saturated heterocycles. The van der Waals surface area contributed by atoms with Crippen LogP contribution in [-0.2, 0) is 4.74 Å². The Morgan fingerprint density at radius 1 is 1.09 bits per heavy atom. The van der Waals surface area contributed by atoms with E-state index in [1.54, 1.807) is 16.8 Å². The molecule has 3 heterocycles. The largest absolute Gasteiger partial charge is 0.378 e. The molecule has 1 aliphatic heterocycles. The van der Waals surface area contributed by atoms with E-state index in [2.05, 4.69) is 39.1 Å². The zero-order valence-corrected chi connectivity index (χ0v) is 12.7. The van der Waals surface area contributed by atoms with Gasteiger partial charge in [0.2, 0.25) is 5.28 Å². The first-order valence-corrected chi connectivity index (χ1v) is 7.62. The third kappa shape index (κ3) is 2.42. The molecule has 112 valence electrons. The minimum Gasteiger partial charge on any atom is -0.378 e. The average Bonchev–Trinajstić information content (AvgIpc) is 3.05. The minimum atomic E-state index is 0.419. The number of aromatic nitrogens is 3. The number of rotatable bonds is 2. The van der Waals surface area contributed by atoms with E-state index in [0.717, 1.165) is 43.2 Å². The zero-order valence-electron chi connectivity index (χ0n) is 11.9. The van der Waals surface area contributed by atoms with Crippen LogP contribution in [0.4, 0.5) is 5.69 Å². The first kappa shape index (κ1) is 13.5. The number of nitrogens with zero attached hydrogens (tertiary/aromatic N) is 4. The number of halogens is 1. The number of anilines is 1. The summed E-state index contributed by atoms with van der Waals surface area (Å²) in [5.74, 6) is 0. The van der Waals surface area contributed by atoms with Crippen molar-refractivity contribution in [2.45, 2.75) is 0 Å². The first-order chi connectivity index (χ1) is 10.8. The number of imidazole rings is 1. The molecule has 6 heteroatoms. The van der Waals surface area contributed by atoms with Gasteiger partial charge in [-0.15, -0.1) is 0 Å². The topological polar surface area (TPSA) is 42.7 Å². The van der Waals surface area contributed by atoms with Gasteiger partial charge >= 0.3 is 0 Å². The summed E-state index contributed by atoms with van der Waals surface area (Å²) >= 11 is 6.20. The standard InChI is InChI=1S/C16H15ClN4O/c17-16-19-14(11-15-18-5-6-21(15)16)12-1-3-13(4-2-12)20-7-9-22-10-8-20/h1-6,11H,7-10H2. The molecule has 1 aromatic carbocycles. The van der Waals surface area contributed by atoms with Gasteiger partial charge in [0, 0.05) is 42.8 Å².